The van der Waals surface area contributed by atoms with Gasteiger partial charge >= 0.3 is 7.82 Å². The van der Waals surface area contributed by atoms with Gasteiger partial charge in [-0.15, -0.1) is 0 Å². The molecule has 2 rings (SSSR count). The van der Waals surface area contributed by atoms with Gasteiger partial charge in [0.25, 0.3) is 0 Å². The van der Waals surface area contributed by atoms with Crippen LogP contribution in [0.5, 0.6) is 0 Å². The Balaban J connectivity index is 0.000000280. The van der Waals surface area contributed by atoms with E-state index in [1.807, 2.05) is 0 Å². The van der Waals surface area contributed by atoms with Crippen LogP contribution in [-0.2, 0) is 17.4 Å². The van der Waals surface area contributed by atoms with Gasteiger partial charge < -0.3 is 20.4 Å². The minimum Gasteiger partial charge on any atom is -0.327 e. The third-order valence-corrected chi connectivity index (χ3v) is 2.80. The Bertz CT molecular complexity index is 471. The molecular weight excluding hydrogens is 284 g/mol. The zero-order valence-corrected chi connectivity index (χ0v) is 11.0. The Morgan fingerprint density at radius 1 is 1.33 bits per heavy atom. The molecule has 8 heteroatoms. The van der Waals surface area contributed by atoms with E-state index >= 15 is 0 Å². The van der Waals surface area contributed by atoms with E-state index in [4.69, 9.17) is 36.6 Å². The van der Waals surface area contributed by atoms with Crippen molar-refractivity contribution < 1.29 is 23.6 Å². The fraction of sp³-hybridized carbons (Fsp3) is 0.400. The number of hydrogen-bond acceptors (Lipinski definition) is 2. The summed E-state index contributed by atoms with van der Waals surface area (Å²) in [5, 5.41) is 0.202. The molecule has 1 aromatic carbocycles. The van der Waals surface area contributed by atoms with Crippen molar-refractivity contribution in [1.29, 1.82) is 0 Å². The summed E-state index contributed by atoms with van der Waals surface area (Å²) in [5.74, 6) is -0.323. The van der Waals surface area contributed by atoms with E-state index in [9.17, 15) is 4.39 Å². The number of rotatable bonds is 0. The van der Waals surface area contributed by atoms with Crippen molar-refractivity contribution in [2.45, 2.75) is 25.3 Å². The van der Waals surface area contributed by atoms with Gasteiger partial charge in [0, 0.05) is 6.04 Å². The monoisotopic (exact) mass is 297 g/mol. The molecule has 0 fully saturated rings. The van der Waals surface area contributed by atoms with Crippen molar-refractivity contribution in [2.75, 3.05) is 0 Å². The first kappa shape index (κ1) is 15.6. The second-order valence-corrected chi connectivity index (χ2v) is 5.48. The van der Waals surface area contributed by atoms with Crippen molar-refractivity contribution in [1.82, 2.24) is 0 Å². The van der Waals surface area contributed by atoms with Gasteiger partial charge in [-0.3, -0.25) is 0 Å². The zero-order chi connectivity index (χ0) is 13.9. The van der Waals surface area contributed by atoms with Crippen LogP contribution in [0, 0.1) is 5.82 Å². The Labute approximate surface area is 109 Å². The quantitative estimate of drug-likeness (QED) is 0.541. The summed E-state index contributed by atoms with van der Waals surface area (Å²) in [6.45, 7) is 0. The van der Waals surface area contributed by atoms with E-state index in [0.717, 1.165) is 30.4 Å². The summed E-state index contributed by atoms with van der Waals surface area (Å²) in [5.41, 5.74) is 7.96. The van der Waals surface area contributed by atoms with Crippen LogP contribution < -0.4 is 5.73 Å². The molecular formula is C10H14ClFNO4P. The van der Waals surface area contributed by atoms with Crippen LogP contribution in [0.25, 0.3) is 0 Å². The van der Waals surface area contributed by atoms with Crippen LogP contribution in [0.15, 0.2) is 12.1 Å². The molecule has 1 aliphatic carbocycles. The lowest BCUT2D eigenvalue weighted by Crippen LogP contribution is -2.27. The first-order valence-corrected chi connectivity index (χ1v) is 7.12. The highest BCUT2D eigenvalue weighted by Crippen LogP contribution is 2.26. The smallest absolute Gasteiger partial charge is 0.327 e. The van der Waals surface area contributed by atoms with Crippen LogP contribution in [0.1, 0.15) is 17.5 Å². The average molecular weight is 298 g/mol. The minimum absolute atomic E-state index is 0.202. The number of phosphoric acid groups is 1. The van der Waals surface area contributed by atoms with Gasteiger partial charge in [0.2, 0.25) is 0 Å². The second kappa shape index (κ2) is 6.10. The molecule has 1 atom stereocenters. The predicted molar refractivity (Wildman–Crippen MR) is 65.7 cm³/mol. The molecule has 0 aromatic heterocycles. The number of fused-ring (bicyclic) bond motifs is 1. The topological polar surface area (TPSA) is 104 Å². The van der Waals surface area contributed by atoms with Gasteiger partial charge in [0.05, 0.1) is 5.02 Å². The van der Waals surface area contributed by atoms with E-state index in [1.165, 1.54) is 6.07 Å². The Morgan fingerprint density at radius 2 is 1.89 bits per heavy atom. The molecule has 1 unspecified atom stereocenters. The summed E-state index contributed by atoms with van der Waals surface area (Å²) in [6.07, 6.45) is 2.62. The molecule has 18 heavy (non-hydrogen) atoms. The molecule has 0 heterocycles. The van der Waals surface area contributed by atoms with Crippen LogP contribution in [-0.4, -0.2) is 20.7 Å². The van der Waals surface area contributed by atoms with Crippen molar-refractivity contribution in [3.63, 3.8) is 0 Å². The Kier molecular flexibility index (Phi) is 5.28. The van der Waals surface area contributed by atoms with Gasteiger partial charge in [-0.1, -0.05) is 11.6 Å². The standard InChI is InChI=1S/C10H11ClFN.H3O4P/c11-9-4-7-3-8(13)2-1-6(7)5-10(9)12;1-5(2,3)4/h4-5,8H,1-3,13H2;(H3,1,2,3,4). The van der Waals surface area contributed by atoms with Gasteiger partial charge in [-0.05, 0) is 42.5 Å². The SMILES string of the molecule is NC1CCc2cc(F)c(Cl)cc2C1.O=P(O)(O)O. The molecule has 1 aliphatic rings. The molecule has 0 aliphatic heterocycles. The van der Waals surface area contributed by atoms with Crippen LogP contribution in [0.3, 0.4) is 0 Å². The minimum atomic E-state index is -4.64. The Hall–Kier alpha value is -0.490. The van der Waals surface area contributed by atoms with E-state index in [0.29, 0.717) is 0 Å². The van der Waals surface area contributed by atoms with Crippen LogP contribution in [0.4, 0.5) is 4.39 Å². The number of nitrogens with two attached hydrogens (primary N) is 1. The maximum Gasteiger partial charge on any atom is 0.466 e. The first-order chi connectivity index (χ1) is 8.16. The number of benzene rings is 1. The molecule has 0 radical (unpaired) electrons. The third-order valence-electron chi connectivity index (χ3n) is 2.51. The van der Waals surface area contributed by atoms with Crippen molar-refractivity contribution in [3.8, 4) is 0 Å². The summed E-state index contributed by atoms with van der Waals surface area (Å²) >= 11 is 5.68. The largest absolute Gasteiger partial charge is 0.466 e. The van der Waals surface area contributed by atoms with E-state index < -0.39 is 7.82 Å². The normalized spacial score (nSPS) is 18.7. The number of halogens is 2. The molecule has 0 spiro atoms. The summed E-state index contributed by atoms with van der Waals surface area (Å²) in [4.78, 5) is 21.6. The highest BCUT2D eigenvalue weighted by Gasteiger charge is 2.17. The zero-order valence-electron chi connectivity index (χ0n) is 9.38. The van der Waals surface area contributed by atoms with E-state index in [1.54, 1.807) is 6.07 Å². The lowest BCUT2D eigenvalue weighted by atomic mass is 9.89. The average Bonchev–Trinajstić information content (AvgIpc) is 2.18. The molecule has 0 saturated heterocycles. The van der Waals surface area contributed by atoms with Crippen molar-refractivity contribution in [2.24, 2.45) is 5.73 Å². The number of hydrogen-bond donors (Lipinski definition) is 4. The first-order valence-electron chi connectivity index (χ1n) is 5.17. The van der Waals surface area contributed by atoms with E-state index in [2.05, 4.69) is 0 Å². The van der Waals surface area contributed by atoms with Crippen molar-refractivity contribution >= 4 is 19.4 Å². The maximum absolute atomic E-state index is 13.0. The van der Waals surface area contributed by atoms with Gasteiger partial charge in [0.15, 0.2) is 0 Å². The van der Waals surface area contributed by atoms with Gasteiger partial charge in [-0.2, -0.15) is 0 Å². The molecule has 1 aromatic rings. The molecule has 5 nitrogen and oxygen atoms in total. The van der Waals surface area contributed by atoms with E-state index in [-0.39, 0.29) is 16.9 Å². The van der Waals surface area contributed by atoms with Crippen LogP contribution >= 0.6 is 19.4 Å². The lowest BCUT2D eigenvalue weighted by Gasteiger charge is -2.21. The summed E-state index contributed by atoms with van der Waals surface area (Å²) in [6, 6.07) is 3.43. The van der Waals surface area contributed by atoms with Crippen molar-refractivity contribution in [3.05, 3.63) is 34.1 Å². The second-order valence-electron chi connectivity index (χ2n) is 4.05. The Morgan fingerprint density at radius 3 is 2.44 bits per heavy atom. The summed E-state index contributed by atoms with van der Waals surface area (Å²) < 4.78 is 21.9. The van der Waals surface area contributed by atoms with Gasteiger partial charge in [-0.25, -0.2) is 8.96 Å². The predicted octanol–water partition coefficient (Wildman–Crippen LogP) is 1.37. The fourth-order valence-electron chi connectivity index (χ4n) is 1.78. The lowest BCUT2D eigenvalue weighted by molar-refractivity contribution is 0.275. The summed E-state index contributed by atoms with van der Waals surface area (Å²) in [7, 11) is -4.64. The fourth-order valence-corrected chi connectivity index (χ4v) is 1.96. The molecule has 102 valence electrons. The highest BCUT2D eigenvalue weighted by atomic mass is 35.5. The number of aryl methyl sites for hydroxylation is 1. The molecule has 0 amide bonds. The maximum atomic E-state index is 13.0. The third kappa shape index (κ3) is 5.44. The molecule has 0 saturated carbocycles. The van der Waals surface area contributed by atoms with Gasteiger partial charge in [0.1, 0.15) is 5.82 Å². The molecule has 5 N–H and O–H groups in total. The molecule has 0 bridgehead atoms. The van der Waals surface area contributed by atoms with Crippen LogP contribution in [0.2, 0.25) is 5.02 Å². The highest BCUT2D eigenvalue weighted by molar-refractivity contribution is 7.45.